The molecule has 3 N–H and O–H groups in total. The van der Waals surface area contributed by atoms with Crippen LogP contribution in [-0.4, -0.2) is 70.0 Å². The molecule has 1 amide bonds. The molecule has 0 aliphatic rings. The third-order valence-electron chi connectivity index (χ3n) is 6.78. The van der Waals surface area contributed by atoms with Gasteiger partial charge in [0.1, 0.15) is 22.1 Å². The summed E-state index contributed by atoms with van der Waals surface area (Å²) in [6, 6.07) is 7.63. The van der Waals surface area contributed by atoms with Crippen LogP contribution in [0.3, 0.4) is 0 Å². The van der Waals surface area contributed by atoms with Crippen molar-refractivity contribution in [3.05, 3.63) is 92.6 Å². The summed E-state index contributed by atoms with van der Waals surface area (Å²) in [5.74, 6) is 7.84. The van der Waals surface area contributed by atoms with Crippen LogP contribution in [-0.2, 0) is 19.4 Å². The zero-order valence-corrected chi connectivity index (χ0v) is 35.8. The van der Waals surface area contributed by atoms with Crippen LogP contribution in [0.25, 0.3) is 23.0 Å². The molecular weight excluding hydrogens is 934 g/mol. The molecule has 5 aromatic rings. The molecule has 5 aromatic heterocycles. The number of amides is 1. The number of alkyl halides is 6. The number of aromatic nitrogens is 7. The van der Waals surface area contributed by atoms with Crippen molar-refractivity contribution in [2.75, 3.05) is 24.3 Å². The van der Waals surface area contributed by atoms with Crippen molar-refractivity contribution in [2.45, 2.75) is 42.9 Å². The van der Waals surface area contributed by atoms with Crippen molar-refractivity contribution < 1.29 is 31.1 Å². The molecular formula is C34H34Br2F6N10OS3. The van der Waals surface area contributed by atoms with Gasteiger partial charge in [-0.15, -0.1) is 45.5 Å². The van der Waals surface area contributed by atoms with Crippen LogP contribution in [0.4, 0.5) is 26.3 Å². The zero-order valence-electron chi connectivity index (χ0n) is 30.2. The molecule has 0 bridgehead atoms. The van der Waals surface area contributed by atoms with Gasteiger partial charge >= 0.3 is 12.4 Å². The number of nitrogens with two attached hydrogens (primary N) is 1. The second kappa shape index (κ2) is 21.8. The third kappa shape index (κ3) is 13.3. The van der Waals surface area contributed by atoms with Gasteiger partial charge in [-0.1, -0.05) is 20.8 Å². The second-order valence-electron chi connectivity index (χ2n) is 10.6. The number of hydrogen-bond donors (Lipinski definition) is 2. The molecule has 0 aliphatic carbocycles. The van der Waals surface area contributed by atoms with Crippen molar-refractivity contribution in [3.8, 4) is 23.0 Å². The Morgan fingerprint density at radius 2 is 1.36 bits per heavy atom. The first-order chi connectivity index (χ1) is 26.5. The molecule has 0 saturated heterocycles. The molecule has 56 heavy (non-hydrogen) atoms. The van der Waals surface area contributed by atoms with Crippen LogP contribution in [0.15, 0.2) is 84.9 Å². The average molecular weight is 969 g/mol. The predicted molar refractivity (Wildman–Crippen MR) is 216 cm³/mol. The molecule has 0 aromatic carbocycles. The van der Waals surface area contributed by atoms with Gasteiger partial charge in [0.15, 0.2) is 11.6 Å². The van der Waals surface area contributed by atoms with Gasteiger partial charge in [-0.3, -0.25) is 30.2 Å². The van der Waals surface area contributed by atoms with E-state index in [-0.39, 0.29) is 23.1 Å². The Hall–Kier alpha value is -3.57. The Balaban J connectivity index is 0.000000242. The summed E-state index contributed by atoms with van der Waals surface area (Å²) in [6.07, 6.45) is -3.30. The lowest BCUT2D eigenvalue weighted by Crippen LogP contribution is -2.31. The van der Waals surface area contributed by atoms with E-state index in [1.54, 1.807) is 54.6 Å². The molecule has 0 unspecified atom stereocenters. The highest BCUT2D eigenvalue weighted by atomic mass is 79.9. The maximum Gasteiger partial charge on any atom is 0.416 e. The minimum atomic E-state index is -4.45. The Kier molecular flexibility index (Phi) is 18.2. The first-order valence-electron chi connectivity index (χ1n) is 16.1. The molecule has 0 aliphatic heterocycles. The SMILES string of the molecule is CCSC(=NC)c1cc(C(F)(F)F)ccn1.CCSc1cc(Br)cnc1-c1nnc(-c2cc(C(F)(F)F)ccn2)n1C.CCSc1cc(Br)cnc1C(=O)NN. The van der Waals surface area contributed by atoms with E-state index in [9.17, 15) is 31.1 Å². The van der Waals surface area contributed by atoms with E-state index in [0.29, 0.717) is 22.3 Å². The maximum absolute atomic E-state index is 12.9. The van der Waals surface area contributed by atoms with Crippen LogP contribution in [0.5, 0.6) is 0 Å². The van der Waals surface area contributed by atoms with Crippen molar-refractivity contribution >= 4 is 78.1 Å². The fraction of sp³-hybridized carbons (Fsp3) is 0.294. The number of hydrazine groups is 1. The van der Waals surface area contributed by atoms with Crippen LogP contribution in [0, 0.1) is 0 Å². The van der Waals surface area contributed by atoms with Gasteiger partial charge in [0.25, 0.3) is 5.91 Å². The highest BCUT2D eigenvalue weighted by Crippen LogP contribution is 2.34. The van der Waals surface area contributed by atoms with Crippen LogP contribution in [0.2, 0.25) is 0 Å². The Bertz CT molecular complexity index is 2120. The Labute approximate surface area is 348 Å². The van der Waals surface area contributed by atoms with Gasteiger partial charge in [0, 0.05) is 57.6 Å². The summed E-state index contributed by atoms with van der Waals surface area (Å²) in [4.78, 5) is 33.2. The molecule has 0 saturated carbocycles. The number of thioether (sulfide) groups is 3. The van der Waals surface area contributed by atoms with Crippen molar-refractivity contribution in [1.82, 2.24) is 40.1 Å². The van der Waals surface area contributed by atoms with E-state index in [0.717, 1.165) is 72.7 Å². The standard InChI is InChI=1S/C16H13BrF3N5S.C10H11F3N2S.C8H10BrN3OS/c1-3-26-12-7-10(17)8-22-13(12)15-24-23-14(25(15)2)11-6-9(4-5-21-11)16(18,19)20;1-3-16-9(14-2)8-6-7(4-5-15-8)10(11,12)13;1-2-14-6-3-5(9)4-11-7(6)8(13)12-10/h4-8H,3H2,1-2H3;4-6H,3H2,1-2H3;3-4H,2,10H2,1H3,(H,12,13). The van der Waals surface area contributed by atoms with Gasteiger partial charge in [0.05, 0.1) is 16.8 Å². The van der Waals surface area contributed by atoms with Crippen LogP contribution < -0.4 is 11.3 Å². The molecule has 0 atom stereocenters. The monoisotopic (exact) mass is 966 g/mol. The number of halogens is 8. The van der Waals surface area contributed by atoms with E-state index < -0.39 is 23.5 Å². The number of hydrogen-bond acceptors (Lipinski definition) is 12. The summed E-state index contributed by atoms with van der Waals surface area (Å²) in [5.41, 5.74) is 1.94. The van der Waals surface area contributed by atoms with E-state index >= 15 is 0 Å². The first kappa shape index (κ1) is 46.8. The quantitative estimate of drug-likeness (QED) is 0.0277. The lowest BCUT2D eigenvalue weighted by Gasteiger charge is -2.09. The lowest BCUT2D eigenvalue weighted by atomic mass is 10.2. The molecule has 300 valence electrons. The third-order valence-corrected chi connectivity index (χ3v) is 10.4. The molecule has 11 nitrogen and oxygen atoms in total. The fourth-order valence-electron chi connectivity index (χ4n) is 4.38. The molecule has 5 heterocycles. The maximum atomic E-state index is 12.9. The highest BCUT2D eigenvalue weighted by Gasteiger charge is 2.32. The minimum absolute atomic E-state index is 0.0999. The molecule has 5 rings (SSSR count). The summed E-state index contributed by atoms with van der Waals surface area (Å²) < 4.78 is 79.4. The lowest BCUT2D eigenvalue weighted by molar-refractivity contribution is -0.138. The van der Waals surface area contributed by atoms with E-state index in [2.05, 4.69) is 72.4 Å². The van der Waals surface area contributed by atoms with Gasteiger partial charge in [-0.2, -0.15) is 26.3 Å². The van der Waals surface area contributed by atoms with Gasteiger partial charge in [-0.25, -0.2) is 10.8 Å². The van der Waals surface area contributed by atoms with E-state index in [1.165, 1.54) is 11.8 Å². The average Bonchev–Trinajstić information content (AvgIpc) is 3.54. The molecule has 22 heteroatoms. The molecule has 0 spiro atoms. The summed E-state index contributed by atoms with van der Waals surface area (Å²) in [6.45, 7) is 5.93. The van der Waals surface area contributed by atoms with Crippen LogP contribution >= 0.6 is 67.1 Å². The number of rotatable bonds is 9. The number of pyridine rings is 4. The summed E-state index contributed by atoms with van der Waals surface area (Å²) in [5, 5.41) is 8.68. The van der Waals surface area contributed by atoms with Crippen molar-refractivity contribution in [2.24, 2.45) is 17.9 Å². The smallest absolute Gasteiger partial charge is 0.307 e. The predicted octanol–water partition coefficient (Wildman–Crippen LogP) is 9.62. The number of aliphatic imine (C=N–C) groups is 1. The van der Waals surface area contributed by atoms with Crippen LogP contribution in [0.1, 0.15) is 48.1 Å². The topological polar surface area (TPSA) is 150 Å². The summed E-state index contributed by atoms with van der Waals surface area (Å²) in [7, 11) is 3.22. The number of nitrogen functional groups attached to an aromatic ring is 1. The zero-order chi connectivity index (χ0) is 41.6. The van der Waals surface area contributed by atoms with Crippen molar-refractivity contribution in [3.63, 3.8) is 0 Å². The van der Waals surface area contributed by atoms with E-state index in [1.807, 2.05) is 32.9 Å². The van der Waals surface area contributed by atoms with Crippen molar-refractivity contribution in [1.29, 1.82) is 0 Å². The molecule has 0 radical (unpaired) electrons. The number of carbonyl (C=O) groups is 1. The number of carbonyl (C=O) groups excluding carboxylic acids is 1. The highest BCUT2D eigenvalue weighted by molar-refractivity contribution is 9.10. The van der Waals surface area contributed by atoms with Gasteiger partial charge in [0.2, 0.25) is 0 Å². The number of nitrogens with one attached hydrogen (secondary N) is 1. The Morgan fingerprint density at radius 1 is 0.804 bits per heavy atom. The normalized spacial score (nSPS) is 11.6. The largest absolute Gasteiger partial charge is 0.416 e. The van der Waals surface area contributed by atoms with E-state index in [4.69, 9.17) is 5.84 Å². The molecule has 0 fully saturated rings. The first-order valence-corrected chi connectivity index (χ1v) is 20.7. The summed E-state index contributed by atoms with van der Waals surface area (Å²) >= 11 is 11.2. The number of nitrogens with zero attached hydrogens (tertiary/aromatic N) is 8. The fourth-order valence-corrected chi connectivity index (χ4v) is 7.61. The van der Waals surface area contributed by atoms with Gasteiger partial charge in [-0.05, 0) is 85.5 Å². The minimum Gasteiger partial charge on any atom is -0.307 e. The second-order valence-corrected chi connectivity index (χ2v) is 16.3. The van der Waals surface area contributed by atoms with Gasteiger partial charge < -0.3 is 4.57 Å². The Morgan fingerprint density at radius 3 is 1.93 bits per heavy atom.